The van der Waals surface area contributed by atoms with Gasteiger partial charge in [-0.15, -0.1) is 0 Å². The summed E-state index contributed by atoms with van der Waals surface area (Å²) in [7, 11) is 0. The van der Waals surface area contributed by atoms with Crippen LogP contribution in [0.4, 0.5) is 11.5 Å². The quantitative estimate of drug-likeness (QED) is 0.838. The monoisotopic (exact) mass is 292 g/mol. The molecule has 0 unspecified atom stereocenters. The molecule has 1 heterocycles. The normalized spacial score (nSPS) is 16.2. The van der Waals surface area contributed by atoms with Crippen LogP contribution in [0, 0.1) is 5.92 Å². The summed E-state index contributed by atoms with van der Waals surface area (Å²) in [6, 6.07) is 0. The fourth-order valence-corrected chi connectivity index (χ4v) is 2.69. The smallest absolute Gasteiger partial charge is 0.242 e. The number of ether oxygens (including phenoxy) is 1. The Hall–Kier alpha value is -1.52. The van der Waals surface area contributed by atoms with Gasteiger partial charge in [0.1, 0.15) is 11.5 Å². The Morgan fingerprint density at radius 2 is 1.95 bits per heavy atom. The van der Waals surface area contributed by atoms with Gasteiger partial charge in [-0.3, -0.25) is 0 Å². The molecule has 0 saturated heterocycles. The maximum absolute atomic E-state index is 6.14. The highest BCUT2D eigenvalue weighted by atomic mass is 16.5. The Morgan fingerprint density at radius 1 is 1.24 bits per heavy atom. The lowest BCUT2D eigenvalue weighted by molar-refractivity contribution is 0.324. The number of aromatic nitrogens is 2. The van der Waals surface area contributed by atoms with E-state index in [1.54, 1.807) is 0 Å². The van der Waals surface area contributed by atoms with Crippen molar-refractivity contribution < 1.29 is 4.74 Å². The zero-order valence-electron chi connectivity index (χ0n) is 13.5. The van der Waals surface area contributed by atoms with Crippen LogP contribution in [0.2, 0.25) is 0 Å². The van der Waals surface area contributed by atoms with Gasteiger partial charge in [-0.05, 0) is 25.7 Å². The molecule has 3 N–H and O–H groups in total. The summed E-state index contributed by atoms with van der Waals surface area (Å²) in [6.07, 6.45) is 6.18. The van der Waals surface area contributed by atoms with Crippen molar-refractivity contribution in [2.75, 3.05) is 24.2 Å². The van der Waals surface area contributed by atoms with E-state index in [4.69, 9.17) is 10.5 Å². The largest absolute Gasteiger partial charge is 0.476 e. The Bertz CT molecular complexity index is 456. The first kappa shape index (κ1) is 15.9. The van der Waals surface area contributed by atoms with Crippen molar-refractivity contribution in [2.45, 2.75) is 58.8 Å². The SMILES string of the molecule is CCOc1nc(C2CCCCC2)nc(NCC(C)C)c1N. The van der Waals surface area contributed by atoms with Crippen LogP contribution in [-0.2, 0) is 0 Å². The fourth-order valence-electron chi connectivity index (χ4n) is 2.69. The molecule has 0 aromatic carbocycles. The first-order valence-electron chi connectivity index (χ1n) is 8.15. The van der Waals surface area contributed by atoms with Gasteiger partial charge in [-0.1, -0.05) is 33.1 Å². The van der Waals surface area contributed by atoms with Gasteiger partial charge in [0, 0.05) is 12.5 Å². The number of anilines is 2. The molecule has 0 atom stereocenters. The van der Waals surface area contributed by atoms with Gasteiger partial charge in [0.25, 0.3) is 0 Å². The zero-order valence-corrected chi connectivity index (χ0v) is 13.5. The van der Waals surface area contributed by atoms with Crippen molar-refractivity contribution in [3.05, 3.63) is 5.82 Å². The van der Waals surface area contributed by atoms with E-state index < -0.39 is 0 Å². The molecule has 118 valence electrons. The molecule has 1 fully saturated rings. The molecule has 1 aromatic rings. The lowest BCUT2D eigenvalue weighted by Crippen LogP contribution is -2.16. The Labute approximate surface area is 127 Å². The van der Waals surface area contributed by atoms with Crippen molar-refractivity contribution in [1.29, 1.82) is 0 Å². The molecule has 0 aliphatic heterocycles. The number of hydrogen-bond acceptors (Lipinski definition) is 5. The number of nitrogen functional groups attached to an aromatic ring is 1. The third-order valence-corrected chi connectivity index (χ3v) is 3.86. The van der Waals surface area contributed by atoms with Gasteiger partial charge < -0.3 is 15.8 Å². The summed E-state index contributed by atoms with van der Waals surface area (Å²) in [5, 5.41) is 3.33. The first-order valence-corrected chi connectivity index (χ1v) is 8.15. The second kappa shape index (κ2) is 7.48. The summed E-state index contributed by atoms with van der Waals surface area (Å²) < 4.78 is 5.60. The van der Waals surface area contributed by atoms with Crippen molar-refractivity contribution in [2.24, 2.45) is 5.92 Å². The molecule has 0 bridgehead atoms. The number of hydrogen-bond donors (Lipinski definition) is 2. The molecule has 1 saturated carbocycles. The highest BCUT2D eigenvalue weighted by molar-refractivity contribution is 5.67. The van der Waals surface area contributed by atoms with E-state index >= 15 is 0 Å². The van der Waals surface area contributed by atoms with Crippen LogP contribution in [-0.4, -0.2) is 23.1 Å². The van der Waals surface area contributed by atoms with Crippen LogP contribution < -0.4 is 15.8 Å². The van der Waals surface area contributed by atoms with Crippen LogP contribution in [0.1, 0.15) is 64.6 Å². The lowest BCUT2D eigenvalue weighted by atomic mass is 9.88. The van der Waals surface area contributed by atoms with Gasteiger partial charge in [0.15, 0.2) is 5.82 Å². The second-order valence-corrected chi connectivity index (χ2v) is 6.19. The van der Waals surface area contributed by atoms with Crippen molar-refractivity contribution >= 4 is 11.5 Å². The van der Waals surface area contributed by atoms with E-state index in [0.29, 0.717) is 30.0 Å². The lowest BCUT2D eigenvalue weighted by Gasteiger charge is -2.22. The maximum atomic E-state index is 6.14. The van der Waals surface area contributed by atoms with E-state index in [1.807, 2.05) is 6.92 Å². The molecule has 1 aromatic heterocycles. The molecule has 1 aliphatic carbocycles. The standard InChI is InChI=1S/C16H28N4O/c1-4-21-16-13(17)15(18-10-11(2)3)19-14(20-16)12-8-6-5-7-9-12/h11-12H,4-10,17H2,1-3H3,(H,18,19,20). The number of nitrogens with one attached hydrogen (secondary N) is 1. The second-order valence-electron chi connectivity index (χ2n) is 6.19. The predicted molar refractivity (Wildman–Crippen MR) is 86.8 cm³/mol. The minimum atomic E-state index is 0.443. The van der Waals surface area contributed by atoms with Crippen LogP contribution in [0.15, 0.2) is 0 Å². The molecule has 0 spiro atoms. The average Bonchev–Trinajstić information content (AvgIpc) is 2.49. The molecule has 0 amide bonds. The molecule has 5 nitrogen and oxygen atoms in total. The minimum absolute atomic E-state index is 0.443. The predicted octanol–water partition coefficient (Wildman–Crippen LogP) is 3.57. The maximum Gasteiger partial charge on any atom is 0.242 e. The summed E-state index contributed by atoms with van der Waals surface area (Å²) in [5.74, 6) is 3.12. The van der Waals surface area contributed by atoms with E-state index in [9.17, 15) is 0 Å². The fraction of sp³-hybridized carbons (Fsp3) is 0.750. The van der Waals surface area contributed by atoms with Gasteiger partial charge >= 0.3 is 0 Å². The highest BCUT2D eigenvalue weighted by Crippen LogP contribution is 2.34. The van der Waals surface area contributed by atoms with E-state index in [0.717, 1.165) is 18.2 Å². The van der Waals surface area contributed by atoms with Crippen molar-refractivity contribution in [3.63, 3.8) is 0 Å². The molecule has 0 radical (unpaired) electrons. The molecule has 1 aliphatic rings. The van der Waals surface area contributed by atoms with E-state index in [1.165, 1.54) is 32.1 Å². The van der Waals surface area contributed by atoms with Crippen LogP contribution in [0.3, 0.4) is 0 Å². The third-order valence-electron chi connectivity index (χ3n) is 3.86. The number of nitrogens with two attached hydrogens (primary N) is 1. The summed E-state index contributed by atoms with van der Waals surface area (Å²) in [6.45, 7) is 7.68. The Morgan fingerprint density at radius 3 is 2.57 bits per heavy atom. The van der Waals surface area contributed by atoms with Crippen LogP contribution in [0.25, 0.3) is 0 Å². The van der Waals surface area contributed by atoms with Gasteiger partial charge in [-0.2, -0.15) is 4.98 Å². The van der Waals surface area contributed by atoms with Crippen LogP contribution in [0.5, 0.6) is 5.88 Å². The van der Waals surface area contributed by atoms with E-state index in [2.05, 4.69) is 29.1 Å². The van der Waals surface area contributed by atoms with Crippen LogP contribution >= 0.6 is 0 Å². The number of rotatable bonds is 6. The molecular formula is C16H28N4O. The van der Waals surface area contributed by atoms with Gasteiger partial charge in [0.05, 0.1) is 6.61 Å². The number of nitrogens with zero attached hydrogens (tertiary/aromatic N) is 2. The highest BCUT2D eigenvalue weighted by Gasteiger charge is 2.22. The van der Waals surface area contributed by atoms with E-state index in [-0.39, 0.29) is 0 Å². The average molecular weight is 292 g/mol. The summed E-state index contributed by atoms with van der Waals surface area (Å²) >= 11 is 0. The summed E-state index contributed by atoms with van der Waals surface area (Å²) in [5.41, 5.74) is 6.67. The Balaban J connectivity index is 2.26. The Kier molecular flexibility index (Phi) is 5.65. The molecule has 21 heavy (non-hydrogen) atoms. The first-order chi connectivity index (χ1) is 10.1. The van der Waals surface area contributed by atoms with Crippen molar-refractivity contribution in [1.82, 2.24) is 9.97 Å². The zero-order chi connectivity index (χ0) is 15.2. The minimum Gasteiger partial charge on any atom is -0.476 e. The van der Waals surface area contributed by atoms with Gasteiger partial charge in [0.2, 0.25) is 5.88 Å². The molecule has 5 heteroatoms. The van der Waals surface area contributed by atoms with Gasteiger partial charge in [-0.25, -0.2) is 4.98 Å². The summed E-state index contributed by atoms with van der Waals surface area (Å²) in [4.78, 5) is 9.26. The molecule has 2 rings (SSSR count). The topological polar surface area (TPSA) is 73.1 Å². The molecular weight excluding hydrogens is 264 g/mol. The third kappa shape index (κ3) is 4.22. The van der Waals surface area contributed by atoms with Crippen molar-refractivity contribution in [3.8, 4) is 5.88 Å².